The number of hydrogen-bond donors (Lipinski definition) is 0. The van der Waals surface area contributed by atoms with Crippen LogP contribution in [0.15, 0.2) is 65.8 Å². The molecule has 6 atom stereocenters. The van der Waals surface area contributed by atoms with Crippen LogP contribution >= 0.6 is 0 Å². The molecule has 1 spiro atoms. The summed E-state index contributed by atoms with van der Waals surface area (Å²) >= 11 is 0. The predicted molar refractivity (Wildman–Crippen MR) is 167 cm³/mol. The molecule has 4 bridgehead atoms. The van der Waals surface area contributed by atoms with E-state index in [-0.39, 0.29) is 35.4 Å². The standard InChI is InChI=1S/C38H48O4/c1-23(2)14-13-15-25(5)18-19-36-21-27-20-29-34(6,7)28(24(3)4)22-37(29,31(36)40)33(42)38(32(36)41,35(27,8)9)30(39)26-16-11-10-12-17-26/h10-12,14,16-18,27-29H,3,13,15,19-22H2,1-2,4-9H3/b25-18+/t27-,28-,29-,36?,37?,38?/m1/s1. The Morgan fingerprint density at radius 2 is 1.55 bits per heavy atom. The van der Waals surface area contributed by atoms with Crippen LogP contribution < -0.4 is 0 Å². The van der Waals surface area contributed by atoms with E-state index in [2.05, 4.69) is 53.3 Å². The zero-order chi connectivity index (χ0) is 31.0. The average Bonchev–Trinajstić information content (AvgIpc) is 3.07. The largest absolute Gasteiger partial charge is 0.297 e. The number of carbonyl (C=O) groups is 4. The normalized spacial score (nSPS) is 36.0. The summed E-state index contributed by atoms with van der Waals surface area (Å²) in [5.74, 6) is -1.94. The lowest BCUT2D eigenvalue weighted by Crippen LogP contribution is -2.75. The maximum absolute atomic E-state index is 15.4. The van der Waals surface area contributed by atoms with Crippen molar-refractivity contribution < 1.29 is 19.2 Å². The third-order valence-corrected chi connectivity index (χ3v) is 12.2. The zero-order valence-corrected chi connectivity index (χ0v) is 26.9. The van der Waals surface area contributed by atoms with Gasteiger partial charge >= 0.3 is 0 Å². The lowest BCUT2D eigenvalue weighted by atomic mass is 9.37. The fourth-order valence-corrected chi connectivity index (χ4v) is 9.88. The number of hydrogen-bond acceptors (Lipinski definition) is 4. The average molecular weight is 569 g/mol. The molecule has 0 heterocycles. The van der Waals surface area contributed by atoms with Crippen LogP contribution in [0.3, 0.4) is 0 Å². The van der Waals surface area contributed by atoms with Gasteiger partial charge in [0.05, 0.1) is 10.8 Å². The Bertz CT molecular complexity index is 1430. The summed E-state index contributed by atoms with van der Waals surface area (Å²) in [4.78, 5) is 60.6. The quantitative estimate of drug-likeness (QED) is 0.180. The summed E-state index contributed by atoms with van der Waals surface area (Å²) in [6.45, 7) is 20.7. The number of rotatable bonds is 8. The summed E-state index contributed by atoms with van der Waals surface area (Å²) in [5.41, 5.74) is -2.25. The molecule has 1 aromatic carbocycles. The topological polar surface area (TPSA) is 68.3 Å². The summed E-state index contributed by atoms with van der Waals surface area (Å²) in [6.07, 6.45) is 7.63. The van der Waals surface area contributed by atoms with Gasteiger partial charge in [0.1, 0.15) is 0 Å². The Kier molecular flexibility index (Phi) is 7.15. The van der Waals surface area contributed by atoms with E-state index in [1.165, 1.54) is 5.57 Å². The van der Waals surface area contributed by atoms with Gasteiger partial charge in [-0.25, -0.2) is 0 Å². The molecule has 5 fully saturated rings. The van der Waals surface area contributed by atoms with Crippen molar-refractivity contribution in [2.45, 2.75) is 93.9 Å². The molecule has 4 heteroatoms. The van der Waals surface area contributed by atoms with Crippen molar-refractivity contribution in [3.8, 4) is 0 Å². The fraction of sp³-hybridized carbons (Fsp3) is 0.579. The van der Waals surface area contributed by atoms with Crippen LogP contribution in [0.2, 0.25) is 0 Å². The first-order valence-corrected chi connectivity index (χ1v) is 15.7. The third kappa shape index (κ3) is 3.72. The minimum atomic E-state index is -1.90. The van der Waals surface area contributed by atoms with Crippen molar-refractivity contribution in [3.05, 3.63) is 71.3 Å². The van der Waals surface area contributed by atoms with Crippen molar-refractivity contribution in [2.75, 3.05) is 0 Å². The van der Waals surface area contributed by atoms with Crippen molar-refractivity contribution >= 4 is 23.1 Å². The van der Waals surface area contributed by atoms with E-state index < -0.39 is 39.0 Å². The molecule has 6 rings (SSSR count). The molecule has 0 aromatic heterocycles. The molecule has 0 N–H and O–H groups in total. The van der Waals surface area contributed by atoms with Crippen LogP contribution in [0.1, 0.15) is 104 Å². The molecular weight excluding hydrogens is 520 g/mol. The van der Waals surface area contributed by atoms with E-state index in [0.29, 0.717) is 24.8 Å². The van der Waals surface area contributed by atoms with Crippen molar-refractivity contribution in [3.63, 3.8) is 0 Å². The highest BCUT2D eigenvalue weighted by Crippen LogP contribution is 2.77. The number of Topliss-reactive ketones (excluding diaryl/α,β-unsaturated/α-hetero) is 4. The van der Waals surface area contributed by atoms with Gasteiger partial charge in [0, 0.05) is 5.56 Å². The van der Waals surface area contributed by atoms with Crippen LogP contribution in [0.25, 0.3) is 0 Å². The Hall–Kier alpha value is -2.88. The van der Waals surface area contributed by atoms with Crippen molar-refractivity contribution in [2.24, 2.45) is 44.8 Å². The molecule has 3 unspecified atom stereocenters. The monoisotopic (exact) mass is 568 g/mol. The van der Waals surface area contributed by atoms with Gasteiger partial charge in [-0.3, -0.25) is 19.2 Å². The second-order valence-corrected chi connectivity index (χ2v) is 15.4. The third-order valence-electron chi connectivity index (χ3n) is 12.2. The van der Waals surface area contributed by atoms with Crippen LogP contribution in [0, 0.1) is 44.8 Å². The summed E-state index contributed by atoms with van der Waals surface area (Å²) in [6, 6.07) is 8.80. The maximum atomic E-state index is 15.4. The molecule has 5 aliphatic carbocycles. The van der Waals surface area contributed by atoms with Gasteiger partial charge in [-0.1, -0.05) is 93.5 Å². The number of carbonyl (C=O) groups excluding carboxylic acids is 4. The van der Waals surface area contributed by atoms with Gasteiger partial charge in [0.15, 0.2) is 28.5 Å². The van der Waals surface area contributed by atoms with Crippen LogP contribution in [0.5, 0.6) is 0 Å². The maximum Gasteiger partial charge on any atom is 0.184 e. The highest BCUT2D eigenvalue weighted by Gasteiger charge is 2.86. The Morgan fingerprint density at radius 1 is 0.905 bits per heavy atom. The molecule has 5 saturated carbocycles. The lowest BCUT2D eigenvalue weighted by molar-refractivity contribution is -0.181. The first kappa shape index (κ1) is 30.6. The van der Waals surface area contributed by atoms with Gasteiger partial charge in [-0.2, -0.15) is 0 Å². The van der Waals surface area contributed by atoms with E-state index in [1.54, 1.807) is 24.3 Å². The Balaban J connectivity index is 1.77. The van der Waals surface area contributed by atoms with Gasteiger partial charge in [0.25, 0.3) is 0 Å². The molecule has 42 heavy (non-hydrogen) atoms. The van der Waals surface area contributed by atoms with E-state index in [0.717, 1.165) is 24.0 Å². The van der Waals surface area contributed by atoms with Gasteiger partial charge in [0.2, 0.25) is 0 Å². The van der Waals surface area contributed by atoms with Crippen molar-refractivity contribution in [1.82, 2.24) is 0 Å². The van der Waals surface area contributed by atoms with Crippen LogP contribution in [-0.4, -0.2) is 23.1 Å². The number of benzene rings is 1. The molecule has 224 valence electrons. The first-order chi connectivity index (χ1) is 19.5. The van der Waals surface area contributed by atoms with Gasteiger partial charge in [-0.15, -0.1) is 0 Å². The van der Waals surface area contributed by atoms with Gasteiger partial charge in [-0.05, 0) is 94.8 Å². The Labute approximate surface area is 252 Å². The minimum absolute atomic E-state index is 0.0489. The van der Waals surface area contributed by atoms with Crippen molar-refractivity contribution in [1.29, 1.82) is 0 Å². The Morgan fingerprint density at radius 3 is 2.14 bits per heavy atom. The van der Waals surface area contributed by atoms with Gasteiger partial charge < -0.3 is 0 Å². The highest BCUT2D eigenvalue weighted by molar-refractivity contribution is 6.42. The fourth-order valence-electron chi connectivity index (χ4n) is 9.88. The summed E-state index contributed by atoms with van der Waals surface area (Å²) in [7, 11) is 0. The number of ketones is 4. The molecule has 0 amide bonds. The first-order valence-electron chi connectivity index (χ1n) is 15.7. The predicted octanol–water partition coefficient (Wildman–Crippen LogP) is 8.32. The molecule has 1 aromatic rings. The zero-order valence-electron chi connectivity index (χ0n) is 26.9. The highest BCUT2D eigenvalue weighted by atomic mass is 16.2. The summed E-state index contributed by atoms with van der Waals surface area (Å²) in [5, 5.41) is 0. The molecule has 5 aliphatic rings. The van der Waals surface area contributed by atoms with E-state index in [4.69, 9.17) is 0 Å². The lowest BCUT2D eigenvalue weighted by Gasteiger charge is -2.60. The molecule has 0 aliphatic heterocycles. The van der Waals surface area contributed by atoms with E-state index in [9.17, 15) is 4.79 Å². The molecule has 4 nitrogen and oxygen atoms in total. The SMILES string of the molecule is C=C(C)[C@H]1CC23C(=O)C4(C/C=C(\C)CCC=C(C)C)C[C@@H](C[C@@H]2C1(C)C)C(C)(C)C(C(=O)c1ccccc1)(C4=O)C3=O. The van der Waals surface area contributed by atoms with E-state index >= 15 is 14.4 Å². The smallest absolute Gasteiger partial charge is 0.184 e. The van der Waals surface area contributed by atoms with Crippen LogP contribution in [0.4, 0.5) is 0 Å². The second-order valence-electron chi connectivity index (χ2n) is 15.4. The molecule has 0 saturated heterocycles. The van der Waals surface area contributed by atoms with E-state index in [1.807, 2.05) is 26.8 Å². The van der Waals surface area contributed by atoms with Crippen LogP contribution in [-0.2, 0) is 14.4 Å². The summed E-state index contributed by atoms with van der Waals surface area (Å²) < 4.78 is 0. The minimum Gasteiger partial charge on any atom is -0.297 e. The number of allylic oxidation sites excluding steroid dienone is 5. The molecular formula is C38H48O4. The molecule has 0 radical (unpaired) electrons. The second kappa shape index (κ2) is 9.82.